The number of carboxylic acids is 1. The molecule has 1 fully saturated rings. The first-order valence-corrected chi connectivity index (χ1v) is 10.1. The number of aliphatic carboxylic acids is 1. The Morgan fingerprint density at radius 2 is 2.04 bits per heavy atom. The molecule has 1 heterocycles. The molecule has 2 atom stereocenters. The van der Waals surface area contributed by atoms with E-state index < -0.39 is 12.0 Å². The highest BCUT2D eigenvalue weighted by molar-refractivity contribution is 7.98. The van der Waals surface area contributed by atoms with Gasteiger partial charge in [-0.3, -0.25) is 9.59 Å². The van der Waals surface area contributed by atoms with Gasteiger partial charge in [-0.05, 0) is 48.1 Å². The summed E-state index contributed by atoms with van der Waals surface area (Å²) in [5.74, 6) is -0.909. The number of amides is 1. The number of thioether (sulfide) groups is 1. The highest BCUT2D eigenvalue weighted by Gasteiger charge is 2.21. The molecule has 2 aromatic rings. The summed E-state index contributed by atoms with van der Waals surface area (Å²) in [5, 5.41) is 12.1. The first kappa shape index (κ1) is 19.5. The van der Waals surface area contributed by atoms with Crippen molar-refractivity contribution in [3.8, 4) is 0 Å². The van der Waals surface area contributed by atoms with Crippen LogP contribution >= 0.6 is 11.8 Å². The normalized spacial score (nSPS) is 17.4. The standard InChI is InChI=1S/C21H23NO4S/c1-27-18-7-5-14(6-8-18)19(12-20(23)24)22-21(25)16-4-2-3-15(11-16)17-9-10-26-13-17/h2-8,11,17,19H,9-10,12-13H2,1H3,(H,22,25)(H,23,24). The van der Waals surface area contributed by atoms with Crippen molar-refractivity contribution in [1.29, 1.82) is 0 Å². The molecule has 0 saturated carbocycles. The monoisotopic (exact) mass is 385 g/mol. The number of benzene rings is 2. The topological polar surface area (TPSA) is 75.6 Å². The van der Waals surface area contributed by atoms with Crippen LogP contribution in [-0.4, -0.2) is 36.5 Å². The van der Waals surface area contributed by atoms with Crippen LogP contribution in [0.25, 0.3) is 0 Å². The van der Waals surface area contributed by atoms with Crippen LogP contribution in [-0.2, 0) is 9.53 Å². The number of rotatable bonds is 7. The molecule has 1 aliphatic heterocycles. The minimum absolute atomic E-state index is 0.166. The third-order valence-electron chi connectivity index (χ3n) is 4.75. The molecule has 3 rings (SSSR count). The van der Waals surface area contributed by atoms with Crippen LogP contribution in [0.4, 0.5) is 0 Å². The summed E-state index contributed by atoms with van der Waals surface area (Å²) in [6.45, 7) is 1.42. The van der Waals surface area contributed by atoms with Gasteiger partial charge in [-0.25, -0.2) is 0 Å². The predicted molar refractivity (Wildman–Crippen MR) is 105 cm³/mol. The maximum Gasteiger partial charge on any atom is 0.305 e. The van der Waals surface area contributed by atoms with Crippen LogP contribution in [0.1, 0.15) is 46.3 Å². The third kappa shape index (κ3) is 5.11. The van der Waals surface area contributed by atoms with Crippen molar-refractivity contribution in [3.63, 3.8) is 0 Å². The van der Waals surface area contributed by atoms with Crippen LogP contribution in [0, 0.1) is 0 Å². The molecule has 6 heteroatoms. The number of hydrogen-bond donors (Lipinski definition) is 2. The lowest BCUT2D eigenvalue weighted by Crippen LogP contribution is -2.30. The van der Waals surface area contributed by atoms with Crippen molar-refractivity contribution < 1.29 is 19.4 Å². The van der Waals surface area contributed by atoms with Crippen LogP contribution in [0.2, 0.25) is 0 Å². The number of carbonyl (C=O) groups is 2. The van der Waals surface area contributed by atoms with Crippen molar-refractivity contribution in [2.45, 2.75) is 29.7 Å². The molecule has 0 radical (unpaired) electrons. The van der Waals surface area contributed by atoms with Gasteiger partial charge in [0.05, 0.1) is 19.1 Å². The largest absolute Gasteiger partial charge is 0.481 e. The van der Waals surface area contributed by atoms with Crippen LogP contribution in [0.5, 0.6) is 0 Å². The number of nitrogens with one attached hydrogen (secondary N) is 1. The molecule has 2 aromatic carbocycles. The molecule has 0 aliphatic carbocycles. The number of carboxylic acid groups (broad SMARTS) is 1. The fraction of sp³-hybridized carbons (Fsp3) is 0.333. The van der Waals surface area contributed by atoms with Crippen molar-refractivity contribution in [3.05, 3.63) is 65.2 Å². The molecule has 27 heavy (non-hydrogen) atoms. The number of carbonyl (C=O) groups excluding carboxylic acids is 1. The molecular weight excluding hydrogens is 362 g/mol. The first-order chi connectivity index (χ1) is 13.1. The molecule has 1 amide bonds. The van der Waals surface area contributed by atoms with Crippen molar-refractivity contribution in [1.82, 2.24) is 5.32 Å². The number of hydrogen-bond acceptors (Lipinski definition) is 4. The van der Waals surface area contributed by atoms with E-state index in [0.717, 1.165) is 29.1 Å². The lowest BCUT2D eigenvalue weighted by Gasteiger charge is -2.18. The SMILES string of the molecule is CSc1ccc(C(CC(=O)O)NC(=O)c2cccc(C3CCOC3)c2)cc1. The van der Waals surface area contributed by atoms with E-state index in [9.17, 15) is 14.7 Å². The van der Waals surface area contributed by atoms with Gasteiger partial charge in [0.25, 0.3) is 5.91 Å². The van der Waals surface area contributed by atoms with E-state index in [-0.39, 0.29) is 12.3 Å². The van der Waals surface area contributed by atoms with Gasteiger partial charge in [0.15, 0.2) is 0 Å². The van der Waals surface area contributed by atoms with Gasteiger partial charge in [-0.1, -0.05) is 24.3 Å². The lowest BCUT2D eigenvalue weighted by molar-refractivity contribution is -0.137. The van der Waals surface area contributed by atoms with E-state index in [2.05, 4.69) is 5.32 Å². The average Bonchev–Trinajstić information content (AvgIpc) is 3.22. The average molecular weight is 385 g/mol. The Morgan fingerprint density at radius 1 is 1.26 bits per heavy atom. The van der Waals surface area contributed by atoms with E-state index in [1.807, 2.05) is 48.7 Å². The first-order valence-electron chi connectivity index (χ1n) is 8.91. The van der Waals surface area contributed by atoms with Gasteiger partial charge < -0.3 is 15.2 Å². The summed E-state index contributed by atoms with van der Waals surface area (Å²) in [4.78, 5) is 25.1. The molecule has 2 N–H and O–H groups in total. The molecule has 0 bridgehead atoms. The highest BCUT2D eigenvalue weighted by Crippen LogP contribution is 2.26. The summed E-state index contributed by atoms with van der Waals surface area (Å²) < 4.78 is 5.43. The molecule has 142 valence electrons. The molecule has 5 nitrogen and oxygen atoms in total. The van der Waals surface area contributed by atoms with Gasteiger partial charge in [-0.15, -0.1) is 11.8 Å². The zero-order valence-corrected chi connectivity index (χ0v) is 16.0. The number of ether oxygens (including phenoxy) is 1. The maximum atomic E-state index is 12.8. The van der Waals surface area contributed by atoms with Crippen molar-refractivity contribution in [2.24, 2.45) is 0 Å². The predicted octanol–water partition coefficient (Wildman–Crippen LogP) is 3.86. The van der Waals surface area contributed by atoms with Crippen LogP contribution in [0.3, 0.4) is 0 Å². The second-order valence-electron chi connectivity index (χ2n) is 6.58. The molecule has 0 aromatic heterocycles. The highest BCUT2D eigenvalue weighted by atomic mass is 32.2. The van der Waals surface area contributed by atoms with Crippen LogP contribution < -0.4 is 5.32 Å². The Bertz CT molecular complexity index is 800. The Hall–Kier alpha value is -2.31. The van der Waals surface area contributed by atoms with Crippen LogP contribution in [0.15, 0.2) is 53.4 Å². The summed E-state index contributed by atoms with van der Waals surface area (Å²) >= 11 is 1.61. The smallest absolute Gasteiger partial charge is 0.305 e. The molecule has 2 unspecified atom stereocenters. The minimum atomic E-state index is -0.953. The van der Waals surface area contributed by atoms with E-state index in [1.54, 1.807) is 17.8 Å². The second-order valence-corrected chi connectivity index (χ2v) is 7.46. The van der Waals surface area contributed by atoms with Crippen molar-refractivity contribution >= 4 is 23.6 Å². The van der Waals surface area contributed by atoms with E-state index in [0.29, 0.717) is 18.1 Å². The molecular formula is C21H23NO4S. The Labute approximate surface area is 163 Å². The van der Waals surface area contributed by atoms with Gasteiger partial charge in [0.1, 0.15) is 0 Å². The zero-order chi connectivity index (χ0) is 19.2. The third-order valence-corrected chi connectivity index (χ3v) is 5.50. The Balaban J connectivity index is 1.77. The second kappa shape index (κ2) is 9.06. The van der Waals surface area contributed by atoms with Gasteiger partial charge in [-0.2, -0.15) is 0 Å². The summed E-state index contributed by atoms with van der Waals surface area (Å²) in [6.07, 6.45) is 2.77. The Morgan fingerprint density at radius 3 is 2.67 bits per heavy atom. The Kier molecular flexibility index (Phi) is 6.53. The summed E-state index contributed by atoms with van der Waals surface area (Å²) in [6, 6.07) is 14.5. The maximum absolute atomic E-state index is 12.8. The fourth-order valence-electron chi connectivity index (χ4n) is 3.24. The van der Waals surface area contributed by atoms with Gasteiger partial charge >= 0.3 is 5.97 Å². The quantitative estimate of drug-likeness (QED) is 0.708. The van der Waals surface area contributed by atoms with Crippen molar-refractivity contribution in [2.75, 3.05) is 19.5 Å². The minimum Gasteiger partial charge on any atom is -0.481 e. The van der Waals surface area contributed by atoms with Gasteiger partial charge in [0.2, 0.25) is 0 Å². The molecule has 1 aliphatic rings. The lowest BCUT2D eigenvalue weighted by atomic mass is 9.96. The summed E-state index contributed by atoms with van der Waals surface area (Å²) in [5.41, 5.74) is 2.40. The molecule has 0 spiro atoms. The van der Waals surface area contributed by atoms with E-state index >= 15 is 0 Å². The molecule has 1 saturated heterocycles. The zero-order valence-electron chi connectivity index (χ0n) is 15.2. The van der Waals surface area contributed by atoms with E-state index in [1.165, 1.54) is 0 Å². The van der Waals surface area contributed by atoms with E-state index in [4.69, 9.17) is 4.74 Å². The van der Waals surface area contributed by atoms with Gasteiger partial charge in [0, 0.05) is 23.0 Å². The fourth-order valence-corrected chi connectivity index (χ4v) is 3.64. The summed E-state index contributed by atoms with van der Waals surface area (Å²) in [7, 11) is 0.